The lowest BCUT2D eigenvalue weighted by atomic mass is 9.90. The summed E-state index contributed by atoms with van der Waals surface area (Å²) in [6.07, 6.45) is 3.05. The van der Waals surface area contributed by atoms with E-state index in [1.165, 1.54) is 6.20 Å². The molecule has 0 saturated carbocycles. The minimum Gasteiger partial charge on any atom is -0.350 e. The molecule has 1 aliphatic carbocycles. The third kappa shape index (κ3) is 4.02. The van der Waals surface area contributed by atoms with E-state index in [1.54, 1.807) is 12.1 Å². The molecule has 3 rings (SSSR count). The number of alkyl halides is 2. The van der Waals surface area contributed by atoms with Crippen molar-refractivity contribution in [1.29, 1.82) is 0 Å². The number of nitrogens with two attached hydrogens (primary N) is 1. The van der Waals surface area contributed by atoms with Gasteiger partial charge in [-0.2, -0.15) is 0 Å². The van der Waals surface area contributed by atoms with Gasteiger partial charge in [-0.25, -0.2) is 8.78 Å². The number of hydrogen-bond donors (Lipinski definition) is 2. The molecule has 4 nitrogen and oxygen atoms in total. The van der Waals surface area contributed by atoms with Crippen LogP contribution in [-0.4, -0.2) is 29.4 Å². The van der Waals surface area contributed by atoms with Gasteiger partial charge in [-0.05, 0) is 25.0 Å². The zero-order valence-corrected chi connectivity index (χ0v) is 14.1. The van der Waals surface area contributed by atoms with Crippen molar-refractivity contribution in [2.24, 2.45) is 5.73 Å². The largest absolute Gasteiger partial charge is 0.350 e. The maximum atomic E-state index is 13.4. The first-order valence-corrected chi connectivity index (χ1v) is 8.35. The highest BCUT2D eigenvalue weighted by molar-refractivity contribution is 5.99. The van der Waals surface area contributed by atoms with Gasteiger partial charge in [0.1, 0.15) is 0 Å². The Morgan fingerprint density at radius 2 is 2.24 bits per heavy atom. The summed E-state index contributed by atoms with van der Waals surface area (Å²) < 4.78 is 26.7. The molecule has 0 aliphatic heterocycles. The van der Waals surface area contributed by atoms with Gasteiger partial charge in [0.05, 0.1) is 11.1 Å². The number of nitrogens with zero attached hydrogens (tertiary/aromatic N) is 1. The number of carbonyl (C=O) groups is 1. The lowest BCUT2D eigenvalue weighted by Crippen LogP contribution is -2.35. The summed E-state index contributed by atoms with van der Waals surface area (Å²) in [7, 11) is 0. The lowest BCUT2D eigenvalue weighted by molar-refractivity contribution is -0.00602. The number of fused-ring (bicyclic) bond motifs is 1. The fourth-order valence-electron chi connectivity index (χ4n) is 2.94. The first kappa shape index (κ1) is 17.5. The van der Waals surface area contributed by atoms with Gasteiger partial charge >= 0.3 is 0 Å². The molecule has 1 amide bonds. The Labute approximate surface area is 145 Å². The molecular formula is C19H21F2N3O. The topological polar surface area (TPSA) is 68.0 Å². The number of rotatable bonds is 4. The van der Waals surface area contributed by atoms with Crippen LogP contribution in [0.5, 0.6) is 0 Å². The van der Waals surface area contributed by atoms with E-state index in [2.05, 4.69) is 10.3 Å². The standard InChI is InChI=1S/C19H21F2N3O/c1-12(22)10-24-18(25)15-9-14-3-2-4-16(17(14)23-11-15)13-5-7-19(20,21)8-6-13/h2-5,9,11-12H,6-8,10,22H2,1H3,(H,24,25)/t12-/m1/s1. The van der Waals surface area contributed by atoms with E-state index in [0.29, 0.717) is 18.5 Å². The van der Waals surface area contributed by atoms with Crippen molar-refractivity contribution in [1.82, 2.24) is 10.3 Å². The molecule has 3 N–H and O–H groups in total. The molecule has 6 heteroatoms. The molecule has 1 aromatic carbocycles. The van der Waals surface area contributed by atoms with Crippen LogP contribution in [0.2, 0.25) is 0 Å². The van der Waals surface area contributed by atoms with Crippen molar-refractivity contribution in [2.75, 3.05) is 6.54 Å². The Balaban J connectivity index is 1.90. The molecule has 1 aromatic heterocycles. The third-order valence-electron chi connectivity index (χ3n) is 4.31. The monoisotopic (exact) mass is 345 g/mol. The Morgan fingerprint density at radius 1 is 1.44 bits per heavy atom. The summed E-state index contributed by atoms with van der Waals surface area (Å²) in [4.78, 5) is 16.6. The minimum atomic E-state index is -2.62. The number of nitrogens with one attached hydrogen (secondary N) is 1. The van der Waals surface area contributed by atoms with Crippen LogP contribution in [0.4, 0.5) is 8.78 Å². The highest BCUT2D eigenvalue weighted by atomic mass is 19.3. The maximum absolute atomic E-state index is 13.4. The molecule has 0 spiro atoms. The van der Waals surface area contributed by atoms with Crippen LogP contribution in [0.1, 0.15) is 42.1 Å². The number of para-hydroxylation sites is 1. The molecule has 1 aliphatic rings. The number of benzene rings is 1. The summed E-state index contributed by atoms with van der Waals surface area (Å²) >= 11 is 0. The second kappa shape index (κ2) is 6.88. The Morgan fingerprint density at radius 3 is 2.92 bits per heavy atom. The molecule has 0 unspecified atom stereocenters. The molecule has 2 aromatic rings. The van der Waals surface area contributed by atoms with Gasteiger partial charge in [0.15, 0.2) is 0 Å². The predicted molar refractivity (Wildman–Crippen MR) is 94.5 cm³/mol. The maximum Gasteiger partial charge on any atom is 0.252 e. The van der Waals surface area contributed by atoms with Gasteiger partial charge in [-0.3, -0.25) is 9.78 Å². The highest BCUT2D eigenvalue weighted by Gasteiger charge is 2.31. The Hall–Kier alpha value is -2.34. The molecular weight excluding hydrogens is 324 g/mol. The van der Waals surface area contributed by atoms with Crippen LogP contribution in [0.3, 0.4) is 0 Å². The number of aromatic nitrogens is 1. The van der Waals surface area contributed by atoms with Crippen molar-refractivity contribution >= 4 is 22.4 Å². The molecule has 0 radical (unpaired) electrons. The third-order valence-corrected chi connectivity index (χ3v) is 4.31. The lowest BCUT2D eigenvalue weighted by Gasteiger charge is -2.22. The molecule has 1 heterocycles. The fraction of sp³-hybridized carbons (Fsp3) is 0.368. The summed E-state index contributed by atoms with van der Waals surface area (Å²) in [6.45, 7) is 2.20. The highest BCUT2D eigenvalue weighted by Crippen LogP contribution is 2.37. The molecule has 25 heavy (non-hydrogen) atoms. The zero-order chi connectivity index (χ0) is 18.0. The van der Waals surface area contributed by atoms with Gasteiger partial charge in [0.2, 0.25) is 0 Å². The van der Waals surface area contributed by atoms with Crippen LogP contribution < -0.4 is 11.1 Å². The summed E-state index contributed by atoms with van der Waals surface area (Å²) in [5, 5.41) is 3.56. The Bertz CT molecular complexity index is 831. The number of allylic oxidation sites excluding steroid dienone is 2. The van der Waals surface area contributed by atoms with E-state index in [0.717, 1.165) is 22.0 Å². The first-order valence-electron chi connectivity index (χ1n) is 8.35. The van der Waals surface area contributed by atoms with Crippen LogP contribution in [0, 0.1) is 0 Å². The second-order valence-corrected chi connectivity index (χ2v) is 6.58. The molecule has 1 atom stereocenters. The quantitative estimate of drug-likeness (QED) is 0.891. The SMILES string of the molecule is C[C@@H](N)CNC(=O)c1cnc2c(C3=CCC(F)(F)CC3)cccc2c1. The van der Waals surface area contributed by atoms with Crippen molar-refractivity contribution in [3.63, 3.8) is 0 Å². The second-order valence-electron chi connectivity index (χ2n) is 6.58. The van der Waals surface area contributed by atoms with Crippen LogP contribution in [0.25, 0.3) is 16.5 Å². The summed E-state index contributed by atoms with van der Waals surface area (Å²) in [5.41, 5.74) is 8.56. The summed E-state index contributed by atoms with van der Waals surface area (Å²) in [6, 6.07) is 7.25. The van der Waals surface area contributed by atoms with E-state index in [4.69, 9.17) is 5.73 Å². The fourth-order valence-corrected chi connectivity index (χ4v) is 2.94. The van der Waals surface area contributed by atoms with Gasteiger partial charge in [0, 0.05) is 42.6 Å². The molecule has 0 fully saturated rings. The normalized spacial score (nSPS) is 17.8. The van der Waals surface area contributed by atoms with Crippen molar-refractivity contribution in [2.45, 2.75) is 38.2 Å². The minimum absolute atomic E-state index is 0.125. The number of hydrogen-bond acceptors (Lipinski definition) is 3. The average Bonchev–Trinajstić information content (AvgIpc) is 2.58. The van der Waals surface area contributed by atoms with Crippen molar-refractivity contribution in [3.8, 4) is 0 Å². The molecule has 132 valence electrons. The van der Waals surface area contributed by atoms with Crippen LogP contribution >= 0.6 is 0 Å². The molecule has 0 bridgehead atoms. The predicted octanol–water partition coefficient (Wildman–Crippen LogP) is 3.51. The van der Waals surface area contributed by atoms with Gasteiger partial charge < -0.3 is 11.1 Å². The van der Waals surface area contributed by atoms with E-state index in [9.17, 15) is 13.6 Å². The zero-order valence-electron chi connectivity index (χ0n) is 14.1. The van der Waals surface area contributed by atoms with E-state index in [-0.39, 0.29) is 24.8 Å². The van der Waals surface area contributed by atoms with Crippen molar-refractivity contribution in [3.05, 3.63) is 47.7 Å². The van der Waals surface area contributed by atoms with Gasteiger partial charge in [0.25, 0.3) is 11.8 Å². The first-order chi connectivity index (χ1) is 11.9. The van der Waals surface area contributed by atoms with Gasteiger partial charge in [-0.15, -0.1) is 0 Å². The van der Waals surface area contributed by atoms with Crippen LogP contribution in [-0.2, 0) is 0 Å². The average molecular weight is 345 g/mol. The number of halogens is 2. The van der Waals surface area contributed by atoms with E-state index >= 15 is 0 Å². The molecule has 0 saturated heterocycles. The van der Waals surface area contributed by atoms with Crippen molar-refractivity contribution < 1.29 is 13.6 Å². The number of pyridine rings is 1. The number of carbonyl (C=O) groups excluding carboxylic acids is 1. The smallest absolute Gasteiger partial charge is 0.252 e. The van der Waals surface area contributed by atoms with Crippen LogP contribution in [0.15, 0.2) is 36.5 Å². The number of amides is 1. The van der Waals surface area contributed by atoms with E-state index in [1.807, 2.05) is 25.1 Å². The van der Waals surface area contributed by atoms with E-state index < -0.39 is 5.92 Å². The Kier molecular flexibility index (Phi) is 4.81. The summed E-state index contributed by atoms with van der Waals surface area (Å²) in [5.74, 6) is -2.85. The van der Waals surface area contributed by atoms with Gasteiger partial charge in [-0.1, -0.05) is 24.3 Å².